The van der Waals surface area contributed by atoms with Crippen molar-refractivity contribution in [3.05, 3.63) is 29.8 Å². The van der Waals surface area contributed by atoms with Crippen molar-refractivity contribution < 1.29 is 18.3 Å². The second-order valence-corrected chi connectivity index (χ2v) is 6.44. The molecule has 2 rings (SSSR count). The molecular weight excluding hydrogens is 305 g/mol. The normalized spacial score (nSPS) is 19.0. The van der Waals surface area contributed by atoms with E-state index < -0.39 is 12.7 Å². The summed E-state index contributed by atoms with van der Waals surface area (Å²) in [7, 11) is 0. The summed E-state index contributed by atoms with van der Waals surface area (Å²) in [4.78, 5) is 1.49. The van der Waals surface area contributed by atoms with Crippen LogP contribution in [0.25, 0.3) is 0 Å². The van der Waals surface area contributed by atoms with Gasteiger partial charge in [0.25, 0.3) is 0 Å². The van der Waals surface area contributed by atoms with Gasteiger partial charge in [-0.25, -0.2) is 0 Å². The zero-order valence-electron chi connectivity index (χ0n) is 13.4. The topological polar surface area (TPSA) is 35.5 Å². The Bertz CT molecular complexity index is 468. The van der Waals surface area contributed by atoms with Gasteiger partial charge in [-0.15, -0.1) is 0 Å². The van der Waals surface area contributed by atoms with Crippen LogP contribution in [-0.2, 0) is 6.42 Å². The zero-order valence-corrected chi connectivity index (χ0v) is 13.4. The molecule has 1 heterocycles. The van der Waals surface area contributed by atoms with E-state index in [0.29, 0.717) is 25.2 Å². The number of piperidine rings is 1. The molecule has 0 bridgehead atoms. The van der Waals surface area contributed by atoms with Crippen molar-refractivity contribution in [1.29, 1.82) is 0 Å². The number of aromatic hydroxyl groups is 1. The van der Waals surface area contributed by atoms with Crippen LogP contribution in [-0.4, -0.2) is 47.9 Å². The fourth-order valence-corrected chi connectivity index (χ4v) is 3.04. The maximum Gasteiger partial charge on any atom is 0.401 e. The molecule has 130 valence electrons. The van der Waals surface area contributed by atoms with Crippen molar-refractivity contribution in [2.45, 2.75) is 50.9 Å². The van der Waals surface area contributed by atoms with Gasteiger partial charge in [-0.05, 0) is 63.4 Å². The average molecular weight is 330 g/mol. The Labute approximate surface area is 135 Å². The van der Waals surface area contributed by atoms with E-state index in [-0.39, 0.29) is 5.75 Å². The zero-order chi connectivity index (χ0) is 16.9. The molecule has 2 N–H and O–H groups in total. The minimum atomic E-state index is -4.10. The number of benzene rings is 1. The quantitative estimate of drug-likeness (QED) is 0.840. The van der Waals surface area contributed by atoms with Gasteiger partial charge in [0.05, 0.1) is 6.54 Å². The number of nitrogens with one attached hydrogen (secondary N) is 1. The van der Waals surface area contributed by atoms with Gasteiger partial charge in [0.1, 0.15) is 5.75 Å². The second-order valence-electron chi connectivity index (χ2n) is 6.44. The largest absolute Gasteiger partial charge is 0.508 e. The molecule has 1 aliphatic rings. The van der Waals surface area contributed by atoms with E-state index in [9.17, 15) is 18.3 Å². The number of hydrogen-bond acceptors (Lipinski definition) is 3. The van der Waals surface area contributed by atoms with Crippen LogP contribution >= 0.6 is 0 Å². The van der Waals surface area contributed by atoms with Crippen LogP contribution in [0.5, 0.6) is 5.75 Å². The number of phenols is 1. The Morgan fingerprint density at radius 1 is 1.22 bits per heavy atom. The summed E-state index contributed by atoms with van der Waals surface area (Å²) in [5.41, 5.74) is 1.18. The molecule has 3 nitrogen and oxygen atoms in total. The van der Waals surface area contributed by atoms with Crippen LogP contribution in [0.2, 0.25) is 0 Å². The third kappa shape index (κ3) is 6.79. The Morgan fingerprint density at radius 3 is 2.39 bits per heavy atom. The maximum absolute atomic E-state index is 12.4. The standard InChI is InChI=1S/C17H25F3N2O/c1-13(2-3-14-4-6-16(23)7-5-14)21-15-8-10-22(11-9-15)12-17(18,19)20/h4-7,13,15,21,23H,2-3,8-12H2,1H3. The minimum absolute atomic E-state index is 0.269. The van der Waals surface area contributed by atoms with Gasteiger partial charge >= 0.3 is 6.18 Å². The molecule has 1 saturated heterocycles. The molecule has 6 heteroatoms. The highest BCUT2D eigenvalue weighted by molar-refractivity contribution is 5.25. The number of likely N-dealkylation sites (tertiary alicyclic amines) is 1. The first-order valence-corrected chi connectivity index (χ1v) is 8.15. The Kier molecular flexibility index (Phi) is 6.30. The number of aryl methyl sites for hydroxylation is 1. The van der Waals surface area contributed by atoms with Crippen LogP contribution in [0.3, 0.4) is 0 Å². The fraction of sp³-hybridized carbons (Fsp3) is 0.647. The van der Waals surface area contributed by atoms with E-state index in [1.807, 2.05) is 12.1 Å². The lowest BCUT2D eigenvalue weighted by molar-refractivity contribution is -0.148. The van der Waals surface area contributed by atoms with Gasteiger partial charge in [-0.3, -0.25) is 4.90 Å². The summed E-state index contributed by atoms with van der Waals surface area (Å²) in [5, 5.41) is 12.8. The fourth-order valence-electron chi connectivity index (χ4n) is 3.04. The molecule has 0 aliphatic carbocycles. The summed E-state index contributed by atoms with van der Waals surface area (Å²) >= 11 is 0. The first-order chi connectivity index (χ1) is 10.8. The van der Waals surface area contributed by atoms with Crippen molar-refractivity contribution in [2.75, 3.05) is 19.6 Å². The van der Waals surface area contributed by atoms with E-state index in [1.165, 1.54) is 10.5 Å². The highest BCUT2D eigenvalue weighted by atomic mass is 19.4. The van der Waals surface area contributed by atoms with Crippen molar-refractivity contribution in [3.8, 4) is 5.75 Å². The van der Waals surface area contributed by atoms with Gasteiger partial charge in [0.15, 0.2) is 0 Å². The molecule has 1 unspecified atom stereocenters. The second kappa shape index (κ2) is 8.02. The Hall–Kier alpha value is -1.27. The summed E-state index contributed by atoms with van der Waals surface area (Å²) in [6.07, 6.45) is -0.689. The first-order valence-electron chi connectivity index (χ1n) is 8.15. The van der Waals surface area contributed by atoms with Crippen LogP contribution in [0.15, 0.2) is 24.3 Å². The van der Waals surface area contributed by atoms with Gasteiger partial charge < -0.3 is 10.4 Å². The SMILES string of the molecule is CC(CCc1ccc(O)cc1)NC1CCN(CC(F)(F)F)CC1. The van der Waals surface area contributed by atoms with Gasteiger partial charge in [0.2, 0.25) is 0 Å². The molecule has 23 heavy (non-hydrogen) atoms. The highest BCUT2D eigenvalue weighted by Gasteiger charge is 2.32. The van der Waals surface area contributed by atoms with Crippen molar-refractivity contribution in [1.82, 2.24) is 10.2 Å². The minimum Gasteiger partial charge on any atom is -0.508 e. The Morgan fingerprint density at radius 2 is 1.83 bits per heavy atom. The summed E-state index contributed by atoms with van der Waals surface area (Å²) < 4.78 is 37.1. The predicted molar refractivity (Wildman–Crippen MR) is 84.5 cm³/mol. The smallest absolute Gasteiger partial charge is 0.401 e. The molecule has 1 fully saturated rings. The van der Waals surface area contributed by atoms with Crippen molar-refractivity contribution >= 4 is 0 Å². The van der Waals surface area contributed by atoms with E-state index in [2.05, 4.69) is 12.2 Å². The van der Waals surface area contributed by atoms with Crippen LogP contribution in [0.1, 0.15) is 31.7 Å². The molecule has 0 spiro atoms. The third-order valence-electron chi connectivity index (χ3n) is 4.31. The summed E-state index contributed by atoms with van der Waals surface area (Å²) in [6.45, 7) is 2.32. The summed E-state index contributed by atoms with van der Waals surface area (Å²) in [6, 6.07) is 7.82. The molecular formula is C17H25F3N2O. The maximum atomic E-state index is 12.4. The van der Waals surface area contributed by atoms with E-state index in [4.69, 9.17) is 0 Å². The molecule has 1 aliphatic heterocycles. The number of nitrogens with zero attached hydrogens (tertiary/aromatic N) is 1. The van der Waals surface area contributed by atoms with Crippen LogP contribution < -0.4 is 5.32 Å². The molecule has 1 aromatic carbocycles. The van der Waals surface area contributed by atoms with Gasteiger partial charge in [0, 0.05) is 12.1 Å². The van der Waals surface area contributed by atoms with E-state index >= 15 is 0 Å². The van der Waals surface area contributed by atoms with Crippen LogP contribution in [0, 0.1) is 0 Å². The van der Waals surface area contributed by atoms with Crippen LogP contribution in [0.4, 0.5) is 13.2 Å². The molecule has 1 atom stereocenters. The highest BCUT2D eigenvalue weighted by Crippen LogP contribution is 2.20. The van der Waals surface area contributed by atoms with Gasteiger partial charge in [-0.1, -0.05) is 12.1 Å². The van der Waals surface area contributed by atoms with Crippen molar-refractivity contribution in [3.63, 3.8) is 0 Å². The number of hydrogen-bond donors (Lipinski definition) is 2. The molecule has 0 saturated carbocycles. The number of rotatable bonds is 6. The number of phenolic OH excluding ortho intramolecular Hbond substituents is 1. The lowest BCUT2D eigenvalue weighted by Gasteiger charge is -2.34. The predicted octanol–water partition coefficient (Wildman–Crippen LogP) is 3.33. The monoisotopic (exact) mass is 330 g/mol. The first kappa shape index (κ1) is 18.1. The number of alkyl halides is 3. The van der Waals surface area contributed by atoms with Gasteiger partial charge in [-0.2, -0.15) is 13.2 Å². The third-order valence-corrected chi connectivity index (χ3v) is 4.31. The summed E-state index contributed by atoms with van der Waals surface area (Å²) in [5.74, 6) is 0.269. The van der Waals surface area contributed by atoms with Crippen molar-refractivity contribution in [2.24, 2.45) is 0 Å². The molecule has 1 aromatic rings. The molecule has 0 aromatic heterocycles. The lowest BCUT2D eigenvalue weighted by Crippen LogP contribution is -2.47. The molecule has 0 radical (unpaired) electrons. The lowest BCUT2D eigenvalue weighted by atomic mass is 10.0. The number of halogens is 3. The van der Waals surface area contributed by atoms with E-state index in [1.54, 1.807) is 12.1 Å². The molecule has 0 amide bonds. The Balaban J connectivity index is 1.66. The average Bonchev–Trinajstić information content (AvgIpc) is 2.47. The van der Waals surface area contributed by atoms with E-state index in [0.717, 1.165) is 25.7 Å².